The van der Waals surface area contributed by atoms with Gasteiger partial charge in [-0.3, -0.25) is 4.79 Å². The van der Waals surface area contributed by atoms with Crippen LogP contribution in [0, 0.1) is 0 Å². The van der Waals surface area contributed by atoms with E-state index >= 15 is 0 Å². The van der Waals surface area contributed by atoms with Crippen LogP contribution in [0.3, 0.4) is 0 Å². The molecule has 0 saturated carbocycles. The third-order valence-electron chi connectivity index (χ3n) is 4.01. The van der Waals surface area contributed by atoms with E-state index in [2.05, 4.69) is 23.9 Å². The standard InChI is InChI=1S/C17H12O/c18-17-14-8-2-1-7-12(14)13-9-3-5-11-6-4-10-15(17)16(11)13/h1-4,7-9,13H,5,10H2. The molecule has 1 atom stereocenters. The SMILES string of the molecule is O=C1C2=C3C(=C=CC2)CC=CC3c2ccccc21. The average Bonchev–Trinajstić information content (AvgIpc) is 2.44. The molecule has 0 amide bonds. The zero-order valence-corrected chi connectivity index (χ0v) is 9.94. The predicted molar refractivity (Wildman–Crippen MR) is 70.5 cm³/mol. The Kier molecular flexibility index (Phi) is 1.89. The highest BCUT2D eigenvalue weighted by Gasteiger charge is 2.34. The summed E-state index contributed by atoms with van der Waals surface area (Å²) in [7, 11) is 0. The summed E-state index contributed by atoms with van der Waals surface area (Å²) in [6, 6.07) is 7.99. The smallest absolute Gasteiger partial charge is 0.189 e. The van der Waals surface area contributed by atoms with Crippen molar-refractivity contribution in [1.82, 2.24) is 0 Å². The van der Waals surface area contributed by atoms with Gasteiger partial charge in [0.05, 0.1) is 0 Å². The van der Waals surface area contributed by atoms with Crippen molar-refractivity contribution in [2.24, 2.45) is 0 Å². The first kappa shape index (κ1) is 9.87. The molecule has 1 aromatic rings. The first-order chi connectivity index (χ1) is 8.86. The number of hydrogen-bond donors (Lipinski definition) is 0. The maximum atomic E-state index is 12.5. The largest absolute Gasteiger partial charge is 0.289 e. The average molecular weight is 232 g/mol. The lowest BCUT2D eigenvalue weighted by Gasteiger charge is -2.32. The molecule has 1 heteroatoms. The fourth-order valence-corrected chi connectivity index (χ4v) is 3.22. The van der Waals surface area contributed by atoms with E-state index in [0.717, 1.165) is 29.5 Å². The van der Waals surface area contributed by atoms with E-state index in [1.165, 1.54) is 11.1 Å². The molecule has 1 unspecified atom stereocenters. The maximum absolute atomic E-state index is 12.5. The van der Waals surface area contributed by atoms with Gasteiger partial charge in [0.2, 0.25) is 0 Å². The number of ketones is 1. The van der Waals surface area contributed by atoms with Crippen LogP contribution in [0.1, 0.15) is 34.7 Å². The molecule has 0 fully saturated rings. The van der Waals surface area contributed by atoms with Crippen LogP contribution in [0.4, 0.5) is 0 Å². The highest BCUT2D eigenvalue weighted by Crippen LogP contribution is 2.45. The molecular formula is C17H12O. The number of benzene rings is 1. The van der Waals surface area contributed by atoms with Gasteiger partial charge in [-0.05, 0) is 23.6 Å². The number of rotatable bonds is 0. The van der Waals surface area contributed by atoms with Crippen molar-refractivity contribution < 1.29 is 4.79 Å². The van der Waals surface area contributed by atoms with Gasteiger partial charge < -0.3 is 0 Å². The van der Waals surface area contributed by atoms with Crippen molar-refractivity contribution in [3.8, 4) is 0 Å². The van der Waals surface area contributed by atoms with Crippen molar-refractivity contribution in [3.05, 3.63) is 76.1 Å². The Bertz CT molecular complexity index is 694. The van der Waals surface area contributed by atoms with Gasteiger partial charge in [0, 0.05) is 29.0 Å². The molecule has 0 aromatic heterocycles. The van der Waals surface area contributed by atoms with Gasteiger partial charge in [0.15, 0.2) is 5.78 Å². The molecule has 86 valence electrons. The van der Waals surface area contributed by atoms with Crippen LogP contribution in [0.5, 0.6) is 0 Å². The molecular weight excluding hydrogens is 220 g/mol. The number of Topliss-reactive ketones (excluding diaryl/α,β-unsaturated/α-hetero) is 1. The molecule has 3 aliphatic carbocycles. The molecule has 0 heterocycles. The lowest BCUT2D eigenvalue weighted by Crippen LogP contribution is -2.23. The molecule has 0 aliphatic heterocycles. The molecule has 0 radical (unpaired) electrons. The molecule has 0 saturated heterocycles. The second-order valence-corrected chi connectivity index (χ2v) is 4.95. The Labute approximate surface area is 106 Å². The minimum atomic E-state index is 0.211. The van der Waals surface area contributed by atoms with Crippen LogP contribution in [-0.4, -0.2) is 5.78 Å². The summed E-state index contributed by atoms with van der Waals surface area (Å²) in [4.78, 5) is 12.5. The molecule has 0 bridgehead atoms. The van der Waals surface area contributed by atoms with E-state index in [4.69, 9.17) is 0 Å². The second-order valence-electron chi connectivity index (χ2n) is 4.95. The third kappa shape index (κ3) is 1.15. The fraction of sp³-hybridized carbons (Fsp3) is 0.176. The van der Waals surface area contributed by atoms with Crippen LogP contribution in [0.15, 0.2) is 64.9 Å². The van der Waals surface area contributed by atoms with Crippen LogP contribution < -0.4 is 0 Å². The molecule has 0 spiro atoms. The van der Waals surface area contributed by atoms with Gasteiger partial charge in [-0.25, -0.2) is 0 Å². The lowest BCUT2D eigenvalue weighted by atomic mass is 9.70. The summed E-state index contributed by atoms with van der Waals surface area (Å²) in [5.41, 5.74) is 8.77. The van der Waals surface area contributed by atoms with Crippen molar-refractivity contribution in [2.45, 2.75) is 18.8 Å². The first-order valence-corrected chi connectivity index (χ1v) is 6.34. The first-order valence-electron chi connectivity index (χ1n) is 6.34. The molecule has 18 heavy (non-hydrogen) atoms. The van der Waals surface area contributed by atoms with E-state index in [9.17, 15) is 4.79 Å². The quantitative estimate of drug-likeness (QED) is 0.492. The molecule has 3 aliphatic rings. The number of carbonyl (C=O) groups excluding carboxylic acids is 1. The minimum Gasteiger partial charge on any atom is -0.289 e. The minimum absolute atomic E-state index is 0.211. The van der Waals surface area contributed by atoms with Crippen molar-refractivity contribution in [3.63, 3.8) is 0 Å². The van der Waals surface area contributed by atoms with Crippen molar-refractivity contribution >= 4 is 5.78 Å². The molecule has 4 rings (SSSR count). The van der Waals surface area contributed by atoms with E-state index in [-0.39, 0.29) is 11.7 Å². The van der Waals surface area contributed by atoms with E-state index < -0.39 is 0 Å². The Morgan fingerprint density at radius 1 is 1.17 bits per heavy atom. The summed E-state index contributed by atoms with van der Waals surface area (Å²) < 4.78 is 0. The summed E-state index contributed by atoms with van der Waals surface area (Å²) in [6.07, 6.45) is 8.06. The van der Waals surface area contributed by atoms with Gasteiger partial charge >= 0.3 is 0 Å². The number of hydrogen-bond acceptors (Lipinski definition) is 1. The predicted octanol–water partition coefficient (Wildman–Crippen LogP) is 3.71. The van der Waals surface area contributed by atoms with Crippen molar-refractivity contribution in [2.75, 3.05) is 0 Å². The summed E-state index contributed by atoms with van der Waals surface area (Å²) in [6.45, 7) is 0. The lowest BCUT2D eigenvalue weighted by molar-refractivity contribution is 0.102. The van der Waals surface area contributed by atoms with E-state index in [1.807, 2.05) is 24.3 Å². The number of allylic oxidation sites excluding steroid dienone is 5. The normalized spacial score (nSPS) is 23.7. The van der Waals surface area contributed by atoms with Crippen LogP contribution >= 0.6 is 0 Å². The fourth-order valence-electron chi connectivity index (χ4n) is 3.22. The summed E-state index contributed by atoms with van der Waals surface area (Å²) in [5.74, 6) is 0.473. The zero-order chi connectivity index (χ0) is 12.1. The van der Waals surface area contributed by atoms with E-state index in [1.54, 1.807) is 0 Å². The number of fused-ring (bicyclic) bond motifs is 2. The monoisotopic (exact) mass is 232 g/mol. The molecule has 0 N–H and O–H groups in total. The van der Waals surface area contributed by atoms with Crippen LogP contribution in [-0.2, 0) is 0 Å². The van der Waals surface area contributed by atoms with Gasteiger partial charge in [0.1, 0.15) is 0 Å². The Morgan fingerprint density at radius 2 is 2.06 bits per heavy atom. The summed E-state index contributed by atoms with van der Waals surface area (Å²) >= 11 is 0. The topological polar surface area (TPSA) is 17.1 Å². The van der Waals surface area contributed by atoms with Gasteiger partial charge in [-0.15, -0.1) is 5.73 Å². The van der Waals surface area contributed by atoms with Gasteiger partial charge in [-0.1, -0.05) is 36.4 Å². The maximum Gasteiger partial charge on any atom is 0.189 e. The Balaban J connectivity index is 2.06. The Hall–Kier alpha value is -2.11. The van der Waals surface area contributed by atoms with Gasteiger partial charge in [-0.2, -0.15) is 0 Å². The molecule has 1 nitrogen and oxygen atoms in total. The Morgan fingerprint density at radius 3 is 3.00 bits per heavy atom. The van der Waals surface area contributed by atoms with Crippen LogP contribution in [0.25, 0.3) is 0 Å². The van der Waals surface area contributed by atoms with Gasteiger partial charge in [0.25, 0.3) is 0 Å². The van der Waals surface area contributed by atoms with Crippen molar-refractivity contribution in [1.29, 1.82) is 0 Å². The highest BCUT2D eigenvalue weighted by atomic mass is 16.1. The van der Waals surface area contributed by atoms with E-state index in [0.29, 0.717) is 0 Å². The summed E-state index contributed by atoms with van der Waals surface area (Å²) in [5, 5.41) is 0. The second kappa shape index (κ2) is 3.44. The zero-order valence-electron chi connectivity index (χ0n) is 9.94. The number of carbonyl (C=O) groups is 1. The third-order valence-corrected chi connectivity index (χ3v) is 4.01. The highest BCUT2D eigenvalue weighted by molar-refractivity contribution is 6.13. The van der Waals surface area contributed by atoms with Crippen LogP contribution in [0.2, 0.25) is 0 Å². The molecule has 1 aromatic carbocycles.